The number of anilines is 1. The molecule has 2 aliphatic rings. The smallest absolute Gasteiger partial charge is 0.277 e. The topological polar surface area (TPSA) is 129 Å². The normalized spacial score (nSPS) is 23.9. The number of hydrogen-bond acceptors (Lipinski definition) is 7. The van der Waals surface area contributed by atoms with Gasteiger partial charge < -0.3 is 15.8 Å². The van der Waals surface area contributed by atoms with E-state index in [1.165, 1.54) is 10.9 Å². The molecule has 1 amide bonds. The van der Waals surface area contributed by atoms with Crippen molar-refractivity contribution in [2.45, 2.75) is 30.6 Å². The van der Waals surface area contributed by atoms with Gasteiger partial charge in [0, 0.05) is 30.9 Å². The number of nitrogens with zero attached hydrogens (tertiary/aromatic N) is 3. The van der Waals surface area contributed by atoms with Crippen molar-refractivity contribution in [1.29, 1.82) is 0 Å². The molecule has 0 unspecified atom stereocenters. The Hall–Kier alpha value is -2.59. The van der Waals surface area contributed by atoms with Gasteiger partial charge in [-0.15, -0.1) is 0 Å². The van der Waals surface area contributed by atoms with Crippen LogP contribution in [0, 0.1) is 0 Å². The Morgan fingerprint density at radius 1 is 1.37 bits per heavy atom. The molecule has 11 heteroatoms. The Morgan fingerprint density at radius 3 is 2.73 bits per heavy atom. The van der Waals surface area contributed by atoms with E-state index in [0.717, 1.165) is 0 Å². The Balaban J connectivity index is 1.75. The first-order valence-corrected chi connectivity index (χ1v) is 11.3. The van der Waals surface area contributed by atoms with E-state index < -0.39 is 26.0 Å². The van der Waals surface area contributed by atoms with Crippen LogP contribution >= 0.6 is 11.6 Å². The third-order valence-corrected chi connectivity index (χ3v) is 8.57. The number of hydrogen-bond donors (Lipinski definition) is 2. The van der Waals surface area contributed by atoms with Crippen LogP contribution < -0.4 is 15.8 Å². The molecule has 0 saturated heterocycles. The van der Waals surface area contributed by atoms with Gasteiger partial charge in [-0.1, -0.05) is 11.6 Å². The van der Waals surface area contributed by atoms with Crippen molar-refractivity contribution >= 4 is 38.9 Å². The van der Waals surface area contributed by atoms with Gasteiger partial charge in [0.25, 0.3) is 5.91 Å². The van der Waals surface area contributed by atoms with Gasteiger partial charge in [-0.25, -0.2) is 8.42 Å². The average molecular weight is 452 g/mol. The van der Waals surface area contributed by atoms with Crippen molar-refractivity contribution in [3.05, 3.63) is 40.7 Å². The van der Waals surface area contributed by atoms with Crippen LogP contribution in [0.25, 0.3) is 0 Å². The van der Waals surface area contributed by atoms with Gasteiger partial charge in [0.05, 0.1) is 17.4 Å². The Morgan fingerprint density at radius 2 is 2.10 bits per heavy atom. The van der Waals surface area contributed by atoms with Crippen molar-refractivity contribution in [1.82, 2.24) is 9.78 Å². The monoisotopic (exact) mass is 451 g/mol. The SMILES string of the molecule is Cn1cc(Cl)c(C(=O)Nc2ccc3c(c2)[C@]2(CCO3)CS(=O)(=O)C(C)(C)C(N)=N2)n1. The lowest BCUT2D eigenvalue weighted by Crippen LogP contribution is -2.56. The first-order valence-electron chi connectivity index (χ1n) is 9.31. The molecule has 2 aromatic rings. The third-order valence-electron chi connectivity index (χ3n) is 5.67. The lowest BCUT2D eigenvalue weighted by Gasteiger charge is -2.42. The van der Waals surface area contributed by atoms with Gasteiger partial charge in [-0.05, 0) is 32.0 Å². The number of carbonyl (C=O) groups is 1. The van der Waals surface area contributed by atoms with E-state index in [-0.39, 0.29) is 22.3 Å². The molecular weight excluding hydrogens is 430 g/mol. The van der Waals surface area contributed by atoms with Crippen molar-refractivity contribution in [3.63, 3.8) is 0 Å². The molecule has 9 nitrogen and oxygen atoms in total. The summed E-state index contributed by atoms with van der Waals surface area (Å²) >= 11 is 6.05. The number of rotatable bonds is 2. The van der Waals surface area contributed by atoms with Crippen LogP contribution in [0.3, 0.4) is 0 Å². The summed E-state index contributed by atoms with van der Waals surface area (Å²) in [5.74, 6) is -0.0855. The highest BCUT2D eigenvalue weighted by Gasteiger charge is 2.52. The molecule has 0 fully saturated rings. The summed E-state index contributed by atoms with van der Waals surface area (Å²) in [6, 6.07) is 5.03. The fraction of sp³-hybridized carbons (Fsp3) is 0.421. The minimum Gasteiger partial charge on any atom is -0.493 e. The predicted octanol–water partition coefficient (Wildman–Crippen LogP) is 1.87. The van der Waals surface area contributed by atoms with Crippen LogP contribution in [-0.4, -0.2) is 47.0 Å². The summed E-state index contributed by atoms with van der Waals surface area (Å²) in [7, 11) is -1.91. The standard InChI is InChI=1S/C19H22ClN5O4S/c1-18(2)17(21)23-19(10-30(18,27)28)6-7-29-14-5-4-11(8-12(14)19)22-16(26)15-13(20)9-25(3)24-15/h4-5,8-9H,6-7,10H2,1-3H3,(H2,21,23)(H,22,26)/t19-/m0/s1. The number of sulfone groups is 1. The number of aryl methyl sites for hydroxylation is 1. The molecule has 160 valence electrons. The van der Waals surface area contributed by atoms with Gasteiger partial charge in [0.15, 0.2) is 15.5 Å². The highest BCUT2D eigenvalue weighted by atomic mass is 35.5. The first-order chi connectivity index (χ1) is 13.9. The quantitative estimate of drug-likeness (QED) is 0.717. The van der Waals surface area contributed by atoms with Crippen molar-refractivity contribution in [2.75, 3.05) is 17.7 Å². The van der Waals surface area contributed by atoms with Gasteiger partial charge in [-0.2, -0.15) is 5.10 Å². The van der Waals surface area contributed by atoms with E-state index in [2.05, 4.69) is 15.4 Å². The number of aromatic nitrogens is 2. The van der Waals surface area contributed by atoms with Crippen LogP contribution in [0.4, 0.5) is 5.69 Å². The Labute approximate surface area is 179 Å². The maximum absolute atomic E-state index is 13.0. The lowest BCUT2D eigenvalue weighted by molar-refractivity contribution is 0.102. The van der Waals surface area contributed by atoms with Gasteiger partial charge >= 0.3 is 0 Å². The molecule has 0 bridgehead atoms. The van der Waals surface area contributed by atoms with Gasteiger partial charge in [-0.3, -0.25) is 14.5 Å². The Bertz CT molecular complexity index is 1190. The molecule has 1 aromatic carbocycles. The van der Waals surface area contributed by atoms with E-state index >= 15 is 0 Å². The molecule has 0 aliphatic carbocycles. The minimum absolute atomic E-state index is 0.0660. The second kappa shape index (κ2) is 6.71. The third kappa shape index (κ3) is 3.14. The predicted molar refractivity (Wildman–Crippen MR) is 114 cm³/mol. The zero-order chi connectivity index (χ0) is 21.9. The first kappa shape index (κ1) is 20.7. The van der Waals surface area contributed by atoms with Crippen LogP contribution in [0.5, 0.6) is 5.75 Å². The van der Waals surface area contributed by atoms with Gasteiger partial charge in [0.1, 0.15) is 21.9 Å². The number of fused-ring (bicyclic) bond motifs is 2. The number of amidine groups is 1. The number of ether oxygens (including phenoxy) is 1. The molecule has 3 N–H and O–H groups in total. The number of aliphatic imine (C=N–C) groups is 1. The number of carbonyl (C=O) groups excluding carboxylic acids is 1. The molecule has 1 atom stereocenters. The summed E-state index contributed by atoms with van der Waals surface area (Å²) in [5.41, 5.74) is 6.15. The number of nitrogens with one attached hydrogen (secondary N) is 1. The number of amides is 1. The molecule has 1 spiro atoms. The summed E-state index contributed by atoms with van der Waals surface area (Å²) in [4.78, 5) is 17.2. The second-order valence-corrected chi connectivity index (χ2v) is 11.0. The molecule has 4 rings (SSSR count). The van der Waals surface area contributed by atoms with Crippen molar-refractivity contribution in [2.24, 2.45) is 17.8 Å². The fourth-order valence-electron chi connectivity index (χ4n) is 3.68. The highest BCUT2D eigenvalue weighted by molar-refractivity contribution is 7.93. The maximum atomic E-state index is 13.0. The van der Waals surface area contributed by atoms with E-state index in [0.29, 0.717) is 30.0 Å². The largest absolute Gasteiger partial charge is 0.493 e. The zero-order valence-electron chi connectivity index (χ0n) is 16.8. The number of nitrogens with two attached hydrogens (primary N) is 1. The van der Waals surface area contributed by atoms with Gasteiger partial charge in [0.2, 0.25) is 0 Å². The van der Waals surface area contributed by atoms with Crippen molar-refractivity contribution < 1.29 is 17.9 Å². The molecule has 2 aliphatic heterocycles. The zero-order valence-corrected chi connectivity index (χ0v) is 18.3. The van der Waals surface area contributed by atoms with Crippen LogP contribution in [0.2, 0.25) is 5.02 Å². The molecule has 30 heavy (non-hydrogen) atoms. The highest BCUT2D eigenvalue weighted by Crippen LogP contribution is 2.46. The van der Waals surface area contributed by atoms with E-state index in [4.69, 9.17) is 22.1 Å². The van der Waals surface area contributed by atoms with Crippen LogP contribution in [0.15, 0.2) is 29.4 Å². The summed E-state index contributed by atoms with van der Waals surface area (Å²) in [6.07, 6.45) is 1.89. The van der Waals surface area contributed by atoms with E-state index in [9.17, 15) is 13.2 Å². The Kier molecular flexibility index (Phi) is 4.62. The molecular formula is C19H22ClN5O4S. The maximum Gasteiger partial charge on any atom is 0.277 e. The lowest BCUT2D eigenvalue weighted by atomic mass is 9.85. The minimum atomic E-state index is -3.57. The second-order valence-electron chi connectivity index (χ2n) is 8.06. The average Bonchev–Trinajstić information content (AvgIpc) is 2.99. The summed E-state index contributed by atoms with van der Waals surface area (Å²) in [6.45, 7) is 3.43. The summed E-state index contributed by atoms with van der Waals surface area (Å²) in [5, 5.41) is 7.03. The fourth-order valence-corrected chi connectivity index (χ4v) is 5.67. The molecule has 3 heterocycles. The number of benzene rings is 1. The molecule has 1 aromatic heterocycles. The van der Waals surface area contributed by atoms with Crippen LogP contribution in [-0.2, 0) is 22.4 Å². The van der Waals surface area contributed by atoms with E-state index in [1.54, 1.807) is 39.1 Å². The van der Waals surface area contributed by atoms with Crippen molar-refractivity contribution in [3.8, 4) is 5.75 Å². The molecule has 0 radical (unpaired) electrons. The molecule has 0 saturated carbocycles. The summed E-state index contributed by atoms with van der Waals surface area (Å²) < 4.78 is 31.9. The van der Waals surface area contributed by atoms with E-state index in [1.807, 2.05) is 0 Å². The number of halogens is 1. The van der Waals surface area contributed by atoms with Crippen LogP contribution in [0.1, 0.15) is 36.3 Å².